The maximum Gasteiger partial charge on any atom is 0.214 e. The van der Waals surface area contributed by atoms with Crippen LogP contribution in [-0.2, 0) is 10.0 Å². The van der Waals surface area contributed by atoms with Crippen LogP contribution in [0.25, 0.3) is 0 Å². The molecule has 0 spiro atoms. The van der Waals surface area contributed by atoms with Crippen LogP contribution in [0.4, 0.5) is 8.78 Å². The molecule has 1 aliphatic heterocycles. The van der Waals surface area contributed by atoms with Gasteiger partial charge in [-0.25, -0.2) is 21.9 Å². The number of halogens is 2. The van der Waals surface area contributed by atoms with E-state index in [0.717, 1.165) is 12.6 Å². The van der Waals surface area contributed by atoms with Gasteiger partial charge in [-0.3, -0.25) is 0 Å². The molecule has 1 saturated heterocycles. The highest BCUT2D eigenvalue weighted by Gasteiger charge is 2.39. The van der Waals surface area contributed by atoms with Crippen LogP contribution in [-0.4, -0.2) is 32.8 Å². The molecule has 2 atom stereocenters. The standard InChI is InChI=1S/C14H18F2N2O2S/c15-12-4-1-9(7-13(12)16)11-5-6-17-8-14(11)18-21(19,20)10-2-3-10/h1,4,7,10-11,14,17-18H,2-3,5-6,8H2. The third kappa shape index (κ3) is 3.25. The second-order valence-electron chi connectivity index (χ2n) is 5.74. The molecule has 1 aromatic rings. The summed E-state index contributed by atoms with van der Waals surface area (Å²) in [6, 6.07) is 3.48. The molecule has 1 saturated carbocycles. The van der Waals surface area contributed by atoms with Gasteiger partial charge in [0.05, 0.1) is 5.25 Å². The predicted molar refractivity (Wildman–Crippen MR) is 75.5 cm³/mol. The second kappa shape index (κ2) is 5.62. The van der Waals surface area contributed by atoms with Crippen LogP contribution in [0.1, 0.15) is 30.7 Å². The van der Waals surface area contributed by atoms with Gasteiger partial charge in [0.2, 0.25) is 10.0 Å². The molecular weight excluding hydrogens is 298 g/mol. The van der Waals surface area contributed by atoms with E-state index >= 15 is 0 Å². The predicted octanol–water partition coefficient (Wildman–Crippen LogP) is 1.49. The van der Waals surface area contributed by atoms with Gasteiger partial charge in [0, 0.05) is 18.5 Å². The van der Waals surface area contributed by atoms with Crippen molar-refractivity contribution >= 4 is 10.0 Å². The van der Waals surface area contributed by atoms with Crippen molar-refractivity contribution in [3.63, 3.8) is 0 Å². The molecule has 1 aromatic carbocycles. The summed E-state index contributed by atoms with van der Waals surface area (Å²) in [4.78, 5) is 0. The van der Waals surface area contributed by atoms with Crippen LogP contribution >= 0.6 is 0 Å². The lowest BCUT2D eigenvalue weighted by atomic mass is 9.86. The highest BCUT2D eigenvalue weighted by atomic mass is 32.2. The van der Waals surface area contributed by atoms with Gasteiger partial charge in [-0.2, -0.15) is 0 Å². The molecule has 2 unspecified atom stereocenters. The molecule has 21 heavy (non-hydrogen) atoms. The fraction of sp³-hybridized carbons (Fsp3) is 0.571. The highest BCUT2D eigenvalue weighted by molar-refractivity contribution is 7.90. The van der Waals surface area contributed by atoms with Crippen molar-refractivity contribution in [3.05, 3.63) is 35.4 Å². The summed E-state index contributed by atoms with van der Waals surface area (Å²) in [5, 5.41) is 2.86. The Hall–Kier alpha value is -1.05. The van der Waals surface area contributed by atoms with E-state index in [4.69, 9.17) is 0 Å². The Morgan fingerprint density at radius 1 is 1.14 bits per heavy atom. The fourth-order valence-electron chi connectivity index (χ4n) is 2.81. The zero-order chi connectivity index (χ0) is 15.0. The molecule has 4 nitrogen and oxygen atoms in total. The number of nitrogens with one attached hydrogen (secondary N) is 2. The molecule has 1 aliphatic carbocycles. The first-order chi connectivity index (χ1) is 9.97. The average Bonchev–Trinajstić information content (AvgIpc) is 3.27. The van der Waals surface area contributed by atoms with Crippen LogP contribution in [0.15, 0.2) is 18.2 Å². The quantitative estimate of drug-likeness (QED) is 0.885. The lowest BCUT2D eigenvalue weighted by molar-refractivity contribution is 0.376. The van der Waals surface area contributed by atoms with Crippen molar-refractivity contribution in [3.8, 4) is 0 Å². The van der Waals surface area contributed by atoms with E-state index in [1.807, 2.05) is 0 Å². The zero-order valence-electron chi connectivity index (χ0n) is 11.5. The largest absolute Gasteiger partial charge is 0.315 e. The van der Waals surface area contributed by atoms with Crippen LogP contribution < -0.4 is 10.0 Å². The Morgan fingerprint density at radius 2 is 1.90 bits per heavy atom. The van der Waals surface area contributed by atoms with E-state index in [2.05, 4.69) is 10.0 Å². The molecule has 1 heterocycles. The molecule has 2 N–H and O–H groups in total. The van der Waals surface area contributed by atoms with Crippen molar-refractivity contribution in [2.24, 2.45) is 0 Å². The lowest BCUT2D eigenvalue weighted by Gasteiger charge is -2.33. The van der Waals surface area contributed by atoms with Crippen LogP contribution in [0.5, 0.6) is 0 Å². The monoisotopic (exact) mass is 316 g/mol. The summed E-state index contributed by atoms with van der Waals surface area (Å²) in [5.74, 6) is -1.92. The Labute approximate surface area is 123 Å². The number of hydrogen-bond acceptors (Lipinski definition) is 3. The van der Waals surface area contributed by atoms with E-state index in [1.165, 1.54) is 12.1 Å². The number of piperidine rings is 1. The molecule has 0 aromatic heterocycles. The lowest BCUT2D eigenvalue weighted by Crippen LogP contribution is -2.50. The Kier molecular flexibility index (Phi) is 3.98. The molecule has 0 bridgehead atoms. The summed E-state index contributed by atoms with van der Waals surface area (Å²) >= 11 is 0. The average molecular weight is 316 g/mol. The van der Waals surface area contributed by atoms with E-state index in [1.54, 1.807) is 0 Å². The van der Waals surface area contributed by atoms with Crippen molar-refractivity contribution in [1.82, 2.24) is 10.0 Å². The minimum absolute atomic E-state index is 0.144. The Balaban J connectivity index is 1.82. The first-order valence-corrected chi connectivity index (χ1v) is 8.69. The molecule has 2 fully saturated rings. The molecule has 0 amide bonds. The van der Waals surface area contributed by atoms with Gasteiger partial charge in [0.1, 0.15) is 0 Å². The molecule has 2 aliphatic rings. The third-order valence-corrected chi connectivity index (χ3v) is 6.11. The van der Waals surface area contributed by atoms with Gasteiger partial charge in [-0.15, -0.1) is 0 Å². The smallest absolute Gasteiger partial charge is 0.214 e. The number of hydrogen-bond donors (Lipinski definition) is 2. The minimum Gasteiger partial charge on any atom is -0.315 e. The molecule has 3 rings (SSSR count). The first kappa shape index (κ1) is 14.9. The van der Waals surface area contributed by atoms with E-state index in [-0.39, 0.29) is 17.2 Å². The number of rotatable bonds is 4. The SMILES string of the molecule is O=S(=O)(NC1CNCCC1c1ccc(F)c(F)c1)C1CC1. The summed E-state index contributed by atoms with van der Waals surface area (Å²) in [6.07, 6.45) is 2.08. The van der Waals surface area contributed by atoms with E-state index in [0.29, 0.717) is 31.4 Å². The van der Waals surface area contributed by atoms with Crippen LogP contribution in [0.2, 0.25) is 0 Å². The van der Waals surface area contributed by atoms with Crippen LogP contribution in [0.3, 0.4) is 0 Å². The fourth-order valence-corrected chi connectivity index (χ4v) is 4.43. The van der Waals surface area contributed by atoms with Crippen LogP contribution in [0, 0.1) is 11.6 Å². The maximum absolute atomic E-state index is 13.4. The van der Waals surface area contributed by atoms with Crippen molar-refractivity contribution in [2.45, 2.75) is 36.5 Å². The number of sulfonamides is 1. The molecule has 7 heteroatoms. The zero-order valence-corrected chi connectivity index (χ0v) is 12.3. The molecule has 116 valence electrons. The van der Waals surface area contributed by atoms with Crippen molar-refractivity contribution < 1.29 is 17.2 Å². The summed E-state index contributed by atoms with van der Waals surface area (Å²) in [7, 11) is -3.30. The summed E-state index contributed by atoms with van der Waals surface area (Å²) < 4.78 is 53.4. The third-order valence-electron chi connectivity index (χ3n) is 4.13. The van der Waals surface area contributed by atoms with Gasteiger partial charge < -0.3 is 5.32 Å². The normalized spacial score (nSPS) is 26.8. The van der Waals surface area contributed by atoms with Gasteiger partial charge in [0.15, 0.2) is 11.6 Å². The Morgan fingerprint density at radius 3 is 2.57 bits per heavy atom. The van der Waals surface area contributed by atoms with Crippen molar-refractivity contribution in [2.75, 3.05) is 13.1 Å². The van der Waals surface area contributed by atoms with Crippen molar-refractivity contribution in [1.29, 1.82) is 0 Å². The van der Waals surface area contributed by atoms with Gasteiger partial charge in [-0.05, 0) is 43.5 Å². The second-order valence-corrected chi connectivity index (χ2v) is 7.73. The first-order valence-electron chi connectivity index (χ1n) is 7.14. The highest BCUT2D eigenvalue weighted by Crippen LogP contribution is 2.31. The summed E-state index contributed by atoms with van der Waals surface area (Å²) in [6.45, 7) is 1.22. The minimum atomic E-state index is -3.30. The molecule has 0 radical (unpaired) electrons. The van der Waals surface area contributed by atoms with Gasteiger partial charge >= 0.3 is 0 Å². The Bertz CT molecular complexity index is 632. The number of benzene rings is 1. The molecular formula is C14H18F2N2O2S. The van der Waals surface area contributed by atoms with Gasteiger partial charge in [0.25, 0.3) is 0 Å². The van der Waals surface area contributed by atoms with E-state index in [9.17, 15) is 17.2 Å². The topological polar surface area (TPSA) is 58.2 Å². The summed E-state index contributed by atoms with van der Waals surface area (Å²) in [5.41, 5.74) is 0.638. The van der Waals surface area contributed by atoms with Gasteiger partial charge in [-0.1, -0.05) is 6.07 Å². The van der Waals surface area contributed by atoms with E-state index < -0.39 is 21.7 Å². The maximum atomic E-state index is 13.4.